The third kappa shape index (κ3) is 3.29. The molecule has 19 heavy (non-hydrogen) atoms. The summed E-state index contributed by atoms with van der Waals surface area (Å²) >= 11 is 5.72. The number of fused-ring (bicyclic) bond motifs is 1. The SMILES string of the molecule is COc1cccc2c(NC(C)CCCCl)nccc12. The van der Waals surface area contributed by atoms with Crippen molar-refractivity contribution in [2.45, 2.75) is 25.8 Å². The van der Waals surface area contributed by atoms with Gasteiger partial charge in [-0.05, 0) is 31.9 Å². The van der Waals surface area contributed by atoms with Crippen LogP contribution in [0.2, 0.25) is 0 Å². The van der Waals surface area contributed by atoms with Crippen LogP contribution in [-0.2, 0) is 0 Å². The minimum Gasteiger partial charge on any atom is -0.496 e. The molecule has 102 valence electrons. The van der Waals surface area contributed by atoms with Crippen LogP contribution in [-0.4, -0.2) is 24.0 Å². The molecule has 0 saturated carbocycles. The Hall–Kier alpha value is -1.48. The maximum atomic E-state index is 5.72. The fourth-order valence-electron chi connectivity index (χ4n) is 2.16. The highest BCUT2D eigenvalue weighted by molar-refractivity contribution is 6.17. The van der Waals surface area contributed by atoms with Gasteiger partial charge >= 0.3 is 0 Å². The molecule has 4 heteroatoms. The fourth-order valence-corrected chi connectivity index (χ4v) is 2.31. The number of nitrogens with one attached hydrogen (secondary N) is 1. The molecule has 1 aromatic carbocycles. The first kappa shape index (κ1) is 13.9. The normalized spacial score (nSPS) is 12.4. The predicted octanol–water partition coefficient (Wildman–Crippen LogP) is 4.06. The number of aromatic nitrogens is 1. The second-order valence-corrected chi connectivity index (χ2v) is 4.97. The van der Waals surface area contributed by atoms with E-state index in [1.54, 1.807) is 13.3 Å². The zero-order valence-corrected chi connectivity index (χ0v) is 12.1. The van der Waals surface area contributed by atoms with Gasteiger partial charge in [0.05, 0.1) is 7.11 Å². The smallest absolute Gasteiger partial charge is 0.134 e. The van der Waals surface area contributed by atoms with Crippen molar-refractivity contribution in [2.24, 2.45) is 0 Å². The Bertz CT molecular complexity index is 545. The summed E-state index contributed by atoms with van der Waals surface area (Å²) in [5.74, 6) is 2.47. The zero-order chi connectivity index (χ0) is 13.7. The van der Waals surface area contributed by atoms with E-state index in [1.165, 1.54) is 0 Å². The maximum Gasteiger partial charge on any atom is 0.134 e. The van der Waals surface area contributed by atoms with Crippen LogP contribution < -0.4 is 10.1 Å². The topological polar surface area (TPSA) is 34.1 Å². The average molecular weight is 279 g/mol. The number of alkyl halides is 1. The van der Waals surface area contributed by atoms with E-state index in [0.29, 0.717) is 11.9 Å². The van der Waals surface area contributed by atoms with E-state index in [4.69, 9.17) is 16.3 Å². The Kier molecular flexibility index (Phi) is 4.86. The van der Waals surface area contributed by atoms with E-state index in [2.05, 4.69) is 23.3 Å². The number of benzene rings is 1. The van der Waals surface area contributed by atoms with Crippen LogP contribution in [0.5, 0.6) is 5.75 Å². The van der Waals surface area contributed by atoms with Crippen molar-refractivity contribution < 1.29 is 4.74 Å². The van der Waals surface area contributed by atoms with Crippen molar-refractivity contribution in [2.75, 3.05) is 18.3 Å². The van der Waals surface area contributed by atoms with E-state index >= 15 is 0 Å². The van der Waals surface area contributed by atoms with E-state index in [-0.39, 0.29) is 0 Å². The van der Waals surface area contributed by atoms with Crippen LogP contribution in [0.4, 0.5) is 5.82 Å². The van der Waals surface area contributed by atoms with Crippen molar-refractivity contribution in [3.05, 3.63) is 30.5 Å². The van der Waals surface area contributed by atoms with Gasteiger partial charge in [0.1, 0.15) is 11.6 Å². The molecule has 1 atom stereocenters. The molecule has 0 bridgehead atoms. The summed E-state index contributed by atoms with van der Waals surface area (Å²) in [4.78, 5) is 4.43. The molecule has 0 radical (unpaired) electrons. The van der Waals surface area contributed by atoms with Crippen LogP contribution in [0.3, 0.4) is 0 Å². The summed E-state index contributed by atoms with van der Waals surface area (Å²) in [5.41, 5.74) is 0. The van der Waals surface area contributed by atoms with Crippen LogP contribution in [0.1, 0.15) is 19.8 Å². The molecule has 2 rings (SSSR count). The molecule has 3 nitrogen and oxygen atoms in total. The average Bonchev–Trinajstić information content (AvgIpc) is 2.45. The standard InChI is InChI=1S/C15H19ClN2O/c1-11(5-4-9-16)18-15-13-6-3-7-14(19-2)12(13)8-10-17-15/h3,6-8,10-11H,4-5,9H2,1-2H3,(H,17,18). The number of hydrogen-bond acceptors (Lipinski definition) is 3. The Morgan fingerprint density at radius 2 is 2.16 bits per heavy atom. The van der Waals surface area contributed by atoms with Gasteiger partial charge in [-0.2, -0.15) is 0 Å². The number of halogens is 1. The Balaban J connectivity index is 2.28. The second-order valence-electron chi connectivity index (χ2n) is 4.59. The summed E-state index contributed by atoms with van der Waals surface area (Å²) in [6, 6.07) is 8.33. The van der Waals surface area contributed by atoms with Crippen LogP contribution in [0.25, 0.3) is 10.8 Å². The first-order chi connectivity index (χ1) is 9.26. The van der Waals surface area contributed by atoms with Crippen LogP contribution in [0.15, 0.2) is 30.5 Å². The minimum atomic E-state index is 0.350. The maximum absolute atomic E-state index is 5.72. The van der Waals surface area contributed by atoms with Gasteiger partial charge in [0, 0.05) is 28.9 Å². The van der Waals surface area contributed by atoms with Gasteiger partial charge in [-0.25, -0.2) is 4.98 Å². The quantitative estimate of drug-likeness (QED) is 0.809. The van der Waals surface area contributed by atoms with Gasteiger partial charge < -0.3 is 10.1 Å². The molecule has 0 aliphatic rings. The summed E-state index contributed by atoms with van der Waals surface area (Å²) in [5, 5.41) is 5.60. The molecular formula is C15H19ClN2O. The molecule has 0 aliphatic carbocycles. The lowest BCUT2D eigenvalue weighted by Gasteiger charge is -2.16. The predicted molar refractivity (Wildman–Crippen MR) is 81.3 cm³/mol. The molecule has 1 unspecified atom stereocenters. The fraction of sp³-hybridized carbons (Fsp3) is 0.400. The van der Waals surface area contributed by atoms with Gasteiger partial charge in [0.25, 0.3) is 0 Å². The van der Waals surface area contributed by atoms with Gasteiger partial charge in [0.15, 0.2) is 0 Å². The minimum absolute atomic E-state index is 0.350. The number of ether oxygens (including phenoxy) is 1. The summed E-state index contributed by atoms with van der Waals surface area (Å²) < 4.78 is 5.38. The molecular weight excluding hydrogens is 260 g/mol. The molecule has 0 amide bonds. The van der Waals surface area contributed by atoms with Gasteiger partial charge in [-0.1, -0.05) is 12.1 Å². The van der Waals surface area contributed by atoms with E-state index in [9.17, 15) is 0 Å². The Morgan fingerprint density at radius 1 is 1.32 bits per heavy atom. The third-order valence-electron chi connectivity index (χ3n) is 3.14. The number of nitrogens with zero attached hydrogens (tertiary/aromatic N) is 1. The monoisotopic (exact) mass is 278 g/mol. The first-order valence-electron chi connectivity index (χ1n) is 6.50. The largest absolute Gasteiger partial charge is 0.496 e. The second kappa shape index (κ2) is 6.62. The Labute approximate surface area is 118 Å². The number of anilines is 1. The number of hydrogen-bond donors (Lipinski definition) is 1. The zero-order valence-electron chi connectivity index (χ0n) is 11.3. The van der Waals surface area contributed by atoms with E-state index in [1.807, 2.05) is 18.2 Å². The number of rotatable bonds is 6. The number of pyridine rings is 1. The lowest BCUT2D eigenvalue weighted by Crippen LogP contribution is -2.16. The van der Waals surface area contributed by atoms with Crippen LogP contribution in [0, 0.1) is 0 Å². The van der Waals surface area contributed by atoms with E-state index < -0.39 is 0 Å². The molecule has 0 saturated heterocycles. The van der Waals surface area contributed by atoms with Gasteiger partial charge in [-0.15, -0.1) is 11.6 Å². The summed E-state index contributed by atoms with van der Waals surface area (Å²) in [7, 11) is 1.69. The summed E-state index contributed by atoms with van der Waals surface area (Å²) in [6.07, 6.45) is 3.84. The summed E-state index contributed by atoms with van der Waals surface area (Å²) in [6.45, 7) is 2.15. The van der Waals surface area contributed by atoms with Crippen molar-refractivity contribution in [1.29, 1.82) is 0 Å². The molecule has 0 spiro atoms. The molecule has 1 aromatic heterocycles. The third-order valence-corrected chi connectivity index (χ3v) is 3.41. The highest BCUT2D eigenvalue weighted by Crippen LogP contribution is 2.29. The van der Waals surface area contributed by atoms with Crippen molar-refractivity contribution in [3.8, 4) is 5.75 Å². The molecule has 1 N–H and O–H groups in total. The molecule has 2 aromatic rings. The highest BCUT2D eigenvalue weighted by Gasteiger charge is 2.08. The molecule has 1 heterocycles. The number of methoxy groups -OCH3 is 1. The van der Waals surface area contributed by atoms with Gasteiger partial charge in [-0.3, -0.25) is 0 Å². The van der Waals surface area contributed by atoms with Crippen molar-refractivity contribution in [3.63, 3.8) is 0 Å². The highest BCUT2D eigenvalue weighted by atomic mass is 35.5. The van der Waals surface area contributed by atoms with Crippen molar-refractivity contribution >= 4 is 28.2 Å². The molecule has 0 fully saturated rings. The Morgan fingerprint density at radius 3 is 2.89 bits per heavy atom. The lowest BCUT2D eigenvalue weighted by molar-refractivity contribution is 0.420. The van der Waals surface area contributed by atoms with E-state index in [0.717, 1.165) is 35.2 Å². The van der Waals surface area contributed by atoms with Crippen molar-refractivity contribution in [1.82, 2.24) is 4.98 Å². The van der Waals surface area contributed by atoms with Gasteiger partial charge in [0.2, 0.25) is 0 Å². The lowest BCUT2D eigenvalue weighted by atomic mass is 10.1. The first-order valence-corrected chi connectivity index (χ1v) is 7.04. The molecule has 0 aliphatic heterocycles. The van der Waals surface area contributed by atoms with Crippen LogP contribution >= 0.6 is 11.6 Å².